The Bertz CT molecular complexity index is 791. The van der Waals surface area contributed by atoms with Crippen molar-refractivity contribution in [2.24, 2.45) is 0 Å². The summed E-state index contributed by atoms with van der Waals surface area (Å²) >= 11 is 0. The highest BCUT2D eigenvalue weighted by atomic mass is 19.1. The van der Waals surface area contributed by atoms with Gasteiger partial charge in [-0.3, -0.25) is 14.5 Å². The summed E-state index contributed by atoms with van der Waals surface area (Å²) < 4.78 is 13.7. The van der Waals surface area contributed by atoms with E-state index in [1.54, 1.807) is 59.3 Å². The van der Waals surface area contributed by atoms with Crippen LogP contribution in [0.5, 0.6) is 0 Å². The minimum Gasteiger partial charge on any atom is -0.339 e. The maximum absolute atomic E-state index is 13.7. The summed E-state index contributed by atoms with van der Waals surface area (Å²) in [6, 6.07) is 13.4. The van der Waals surface area contributed by atoms with E-state index in [1.165, 1.54) is 6.07 Å². The lowest BCUT2D eigenvalue weighted by molar-refractivity contribution is -0.117. The number of carbonyl (C=O) groups is 2. The number of anilines is 1. The topological polar surface area (TPSA) is 52.7 Å². The van der Waals surface area contributed by atoms with Gasteiger partial charge in [0.1, 0.15) is 5.82 Å². The summed E-state index contributed by atoms with van der Waals surface area (Å²) in [6.07, 6.45) is 0. The van der Waals surface area contributed by atoms with Gasteiger partial charge in [0.15, 0.2) is 0 Å². The minimum atomic E-state index is -0.285. The average Bonchev–Trinajstić information content (AvgIpc) is 2.64. The summed E-state index contributed by atoms with van der Waals surface area (Å²) in [4.78, 5) is 28.2. The van der Waals surface area contributed by atoms with E-state index in [4.69, 9.17) is 0 Å². The third-order valence-corrected chi connectivity index (χ3v) is 4.26. The number of halogens is 1. The number of benzene rings is 2. The van der Waals surface area contributed by atoms with Crippen LogP contribution in [-0.2, 0) is 11.3 Å². The molecule has 0 aliphatic carbocycles. The molecule has 0 heterocycles. The molecule has 0 atom stereocenters. The number of nitrogens with one attached hydrogen (secondary N) is 1. The van der Waals surface area contributed by atoms with Crippen molar-refractivity contribution < 1.29 is 14.0 Å². The molecule has 2 aromatic rings. The zero-order chi connectivity index (χ0) is 19.8. The average molecular weight is 371 g/mol. The highest BCUT2D eigenvalue weighted by Gasteiger charge is 2.14. The van der Waals surface area contributed by atoms with E-state index in [9.17, 15) is 14.0 Å². The van der Waals surface area contributed by atoms with Gasteiger partial charge < -0.3 is 10.2 Å². The smallest absolute Gasteiger partial charge is 0.253 e. The molecule has 27 heavy (non-hydrogen) atoms. The Kier molecular flexibility index (Phi) is 7.49. The van der Waals surface area contributed by atoms with E-state index in [0.29, 0.717) is 36.4 Å². The Morgan fingerprint density at radius 3 is 2.41 bits per heavy atom. The van der Waals surface area contributed by atoms with Gasteiger partial charge in [0.2, 0.25) is 5.91 Å². The molecule has 0 radical (unpaired) electrons. The Labute approximate surface area is 159 Å². The molecule has 0 saturated carbocycles. The third-order valence-electron chi connectivity index (χ3n) is 4.26. The normalized spacial score (nSPS) is 10.7. The van der Waals surface area contributed by atoms with Crippen LogP contribution in [-0.4, -0.2) is 48.3 Å². The second-order valence-corrected chi connectivity index (χ2v) is 6.37. The van der Waals surface area contributed by atoms with Crippen LogP contribution in [0.2, 0.25) is 0 Å². The maximum atomic E-state index is 13.7. The molecule has 2 rings (SSSR count). The highest BCUT2D eigenvalue weighted by molar-refractivity contribution is 5.97. The lowest BCUT2D eigenvalue weighted by Crippen LogP contribution is -2.31. The Morgan fingerprint density at radius 2 is 1.74 bits per heavy atom. The van der Waals surface area contributed by atoms with E-state index >= 15 is 0 Å². The lowest BCUT2D eigenvalue weighted by atomic mass is 10.1. The molecule has 1 N–H and O–H groups in total. The first-order chi connectivity index (χ1) is 12.9. The standard InChI is InChI=1S/C21H26FN3O2/c1-4-25(5-2)21(27)16-10-8-11-18(13-16)23-20(26)15-24(3)14-17-9-6-7-12-19(17)22/h6-13H,4-5,14-15H2,1-3H3,(H,23,26). The molecule has 0 aromatic heterocycles. The molecule has 2 amide bonds. The van der Waals surface area contributed by atoms with Crippen molar-refractivity contribution in [3.63, 3.8) is 0 Å². The van der Waals surface area contributed by atoms with Crippen LogP contribution in [0.4, 0.5) is 10.1 Å². The van der Waals surface area contributed by atoms with Crippen LogP contribution in [0, 0.1) is 5.82 Å². The molecular formula is C21H26FN3O2. The Hall–Kier alpha value is -2.73. The van der Waals surface area contributed by atoms with Crippen molar-refractivity contribution in [2.75, 3.05) is 32.0 Å². The fraction of sp³-hybridized carbons (Fsp3) is 0.333. The van der Waals surface area contributed by atoms with Crippen molar-refractivity contribution >= 4 is 17.5 Å². The molecule has 0 saturated heterocycles. The van der Waals surface area contributed by atoms with Crippen molar-refractivity contribution in [3.05, 3.63) is 65.5 Å². The first-order valence-electron chi connectivity index (χ1n) is 9.05. The largest absolute Gasteiger partial charge is 0.339 e. The first-order valence-corrected chi connectivity index (χ1v) is 9.05. The highest BCUT2D eigenvalue weighted by Crippen LogP contribution is 2.13. The summed E-state index contributed by atoms with van der Waals surface area (Å²) in [5.74, 6) is -0.568. The fourth-order valence-corrected chi connectivity index (χ4v) is 2.84. The molecule has 0 bridgehead atoms. The zero-order valence-corrected chi connectivity index (χ0v) is 16.0. The predicted molar refractivity (Wildman–Crippen MR) is 105 cm³/mol. The fourth-order valence-electron chi connectivity index (χ4n) is 2.84. The maximum Gasteiger partial charge on any atom is 0.253 e. The van der Waals surface area contributed by atoms with Gasteiger partial charge in [0, 0.05) is 36.4 Å². The summed E-state index contributed by atoms with van der Waals surface area (Å²) in [7, 11) is 1.76. The van der Waals surface area contributed by atoms with Crippen molar-refractivity contribution in [3.8, 4) is 0 Å². The van der Waals surface area contributed by atoms with Gasteiger partial charge in [0.25, 0.3) is 5.91 Å². The SMILES string of the molecule is CCN(CC)C(=O)c1cccc(NC(=O)CN(C)Cc2ccccc2F)c1. The van der Waals surface area contributed by atoms with Crippen LogP contribution in [0.3, 0.4) is 0 Å². The van der Waals surface area contributed by atoms with Crippen LogP contribution in [0.15, 0.2) is 48.5 Å². The number of hydrogen-bond acceptors (Lipinski definition) is 3. The second kappa shape index (κ2) is 9.83. The van der Waals surface area contributed by atoms with Crippen molar-refractivity contribution in [1.82, 2.24) is 9.80 Å². The second-order valence-electron chi connectivity index (χ2n) is 6.37. The molecule has 144 valence electrons. The van der Waals surface area contributed by atoms with Gasteiger partial charge in [0.05, 0.1) is 6.54 Å². The predicted octanol–water partition coefficient (Wildman–Crippen LogP) is 3.38. The van der Waals surface area contributed by atoms with Crippen LogP contribution in [0.25, 0.3) is 0 Å². The summed E-state index contributed by atoms with van der Waals surface area (Å²) in [5, 5.41) is 2.80. The molecule has 0 fully saturated rings. The van der Waals surface area contributed by atoms with Gasteiger partial charge in [-0.1, -0.05) is 24.3 Å². The molecule has 0 aliphatic rings. The number of amides is 2. The van der Waals surface area contributed by atoms with E-state index in [1.807, 2.05) is 13.8 Å². The van der Waals surface area contributed by atoms with E-state index in [2.05, 4.69) is 5.32 Å². The van der Waals surface area contributed by atoms with Gasteiger partial charge in [-0.05, 0) is 45.2 Å². The molecule has 0 unspecified atom stereocenters. The molecule has 0 aliphatic heterocycles. The van der Waals surface area contributed by atoms with Gasteiger partial charge in [-0.25, -0.2) is 4.39 Å². The molecule has 0 spiro atoms. The van der Waals surface area contributed by atoms with E-state index in [-0.39, 0.29) is 24.2 Å². The van der Waals surface area contributed by atoms with Crippen LogP contribution >= 0.6 is 0 Å². The quantitative estimate of drug-likeness (QED) is 0.774. The third kappa shape index (κ3) is 5.89. The van der Waals surface area contributed by atoms with E-state index in [0.717, 1.165) is 0 Å². The lowest BCUT2D eigenvalue weighted by Gasteiger charge is -2.19. The van der Waals surface area contributed by atoms with Gasteiger partial charge in [-0.2, -0.15) is 0 Å². The minimum absolute atomic E-state index is 0.0623. The number of hydrogen-bond donors (Lipinski definition) is 1. The molecular weight excluding hydrogens is 345 g/mol. The monoisotopic (exact) mass is 371 g/mol. The number of carbonyl (C=O) groups excluding carboxylic acids is 2. The molecule has 2 aromatic carbocycles. The van der Waals surface area contributed by atoms with E-state index < -0.39 is 0 Å². The van der Waals surface area contributed by atoms with Gasteiger partial charge in [-0.15, -0.1) is 0 Å². The molecule has 5 nitrogen and oxygen atoms in total. The summed E-state index contributed by atoms with van der Waals surface area (Å²) in [5.41, 5.74) is 1.65. The number of rotatable bonds is 8. The van der Waals surface area contributed by atoms with Gasteiger partial charge >= 0.3 is 0 Å². The summed E-state index contributed by atoms with van der Waals surface area (Å²) in [6.45, 7) is 5.57. The Morgan fingerprint density at radius 1 is 1.04 bits per heavy atom. The molecule has 6 heteroatoms. The number of nitrogens with zero attached hydrogens (tertiary/aromatic N) is 2. The van der Waals surface area contributed by atoms with Crippen LogP contribution in [0.1, 0.15) is 29.8 Å². The number of likely N-dealkylation sites (N-methyl/N-ethyl adjacent to an activating group) is 1. The van der Waals surface area contributed by atoms with Crippen molar-refractivity contribution in [2.45, 2.75) is 20.4 Å². The van der Waals surface area contributed by atoms with Crippen LogP contribution < -0.4 is 5.32 Å². The van der Waals surface area contributed by atoms with Crippen molar-refractivity contribution in [1.29, 1.82) is 0 Å². The zero-order valence-electron chi connectivity index (χ0n) is 16.0. The first kappa shape index (κ1) is 20.6. The Balaban J connectivity index is 1.96.